The fourth-order valence-electron chi connectivity index (χ4n) is 2.90. The van der Waals surface area contributed by atoms with Crippen LogP contribution in [0.1, 0.15) is 13.8 Å². The number of anilines is 4. The Balaban J connectivity index is 2.02. The topological polar surface area (TPSA) is 119 Å². The minimum Gasteiger partial charge on any atom is -0.378 e. The number of rotatable bonds is 4. The molecular formula is C16H19FN6O3. The highest BCUT2D eigenvalue weighted by Gasteiger charge is 2.29. The summed E-state index contributed by atoms with van der Waals surface area (Å²) in [4.78, 5) is 20.9. The van der Waals surface area contributed by atoms with E-state index in [2.05, 4.69) is 15.3 Å². The van der Waals surface area contributed by atoms with E-state index in [1.54, 1.807) is 6.07 Å². The molecule has 0 bridgehead atoms. The molecule has 3 N–H and O–H groups in total. The Hall–Kier alpha value is -3.01. The third kappa shape index (κ3) is 3.64. The molecule has 0 amide bonds. The quantitative estimate of drug-likeness (QED) is 0.629. The molecule has 1 fully saturated rings. The lowest BCUT2D eigenvalue weighted by Crippen LogP contribution is -2.46. The standard InChI is InChI=1S/C16H19FN6O3/c1-9-7-22(8-10(2)26-9)16-20-14(18)13(23(24)25)15(21-16)19-12-6-4-3-5-11(12)17/h3-6,9-10H,7-8H2,1-2H3,(H3,18,19,20,21)/t9-,10-/m0/s1. The van der Waals surface area contributed by atoms with Gasteiger partial charge in [0.1, 0.15) is 5.82 Å². The van der Waals surface area contributed by atoms with E-state index in [0.717, 1.165) is 0 Å². The second kappa shape index (κ2) is 7.08. The highest BCUT2D eigenvalue weighted by atomic mass is 19.1. The SMILES string of the molecule is C[C@H]1CN(c2nc(N)c([N+](=O)[O-])c(Nc3ccccc3F)n2)C[C@H](C)O1. The molecule has 1 aromatic carbocycles. The van der Waals surface area contributed by atoms with Crippen molar-refractivity contribution in [2.24, 2.45) is 0 Å². The molecule has 3 rings (SSSR count). The molecule has 0 spiro atoms. The molecule has 26 heavy (non-hydrogen) atoms. The molecule has 9 nitrogen and oxygen atoms in total. The monoisotopic (exact) mass is 362 g/mol. The first-order chi connectivity index (χ1) is 12.3. The van der Waals surface area contributed by atoms with Crippen LogP contribution < -0.4 is 16.0 Å². The van der Waals surface area contributed by atoms with Crippen molar-refractivity contribution in [2.75, 3.05) is 29.0 Å². The number of nitro groups is 1. The molecule has 1 aromatic heterocycles. The van der Waals surface area contributed by atoms with E-state index in [0.29, 0.717) is 13.1 Å². The lowest BCUT2D eigenvalue weighted by Gasteiger charge is -2.35. The zero-order valence-electron chi connectivity index (χ0n) is 14.3. The number of nitrogen functional groups attached to an aromatic ring is 1. The van der Waals surface area contributed by atoms with Gasteiger partial charge in [-0.15, -0.1) is 0 Å². The van der Waals surface area contributed by atoms with Crippen LogP contribution in [0, 0.1) is 15.9 Å². The zero-order chi connectivity index (χ0) is 18.8. The van der Waals surface area contributed by atoms with Crippen molar-refractivity contribution in [3.63, 3.8) is 0 Å². The van der Waals surface area contributed by atoms with Gasteiger partial charge in [0.25, 0.3) is 0 Å². The van der Waals surface area contributed by atoms with Crippen LogP contribution in [-0.4, -0.2) is 40.2 Å². The van der Waals surface area contributed by atoms with E-state index in [-0.39, 0.29) is 35.5 Å². The maximum Gasteiger partial charge on any atom is 0.353 e. The molecule has 0 saturated carbocycles. The highest BCUT2D eigenvalue weighted by molar-refractivity contribution is 5.74. The molecule has 2 atom stereocenters. The Morgan fingerprint density at radius 2 is 1.96 bits per heavy atom. The van der Waals surface area contributed by atoms with Crippen molar-refractivity contribution in [3.05, 3.63) is 40.2 Å². The van der Waals surface area contributed by atoms with E-state index in [9.17, 15) is 14.5 Å². The van der Waals surface area contributed by atoms with Gasteiger partial charge in [0.05, 0.1) is 22.8 Å². The summed E-state index contributed by atoms with van der Waals surface area (Å²) in [5.41, 5.74) is 5.37. The summed E-state index contributed by atoms with van der Waals surface area (Å²) >= 11 is 0. The number of hydrogen-bond donors (Lipinski definition) is 2. The van der Waals surface area contributed by atoms with Gasteiger partial charge in [0.15, 0.2) is 0 Å². The number of ether oxygens (including phenoxy) is 1. The largest absolute Gasteiger partial charge is 0.378 e. The number of aromatic nitrogens is 2. The van der Waals surface area contributed by atoms with Crippen molar-refractivity contribution in [3.8, 4) is 0 Å². The van der Waals surface area contributed by atoms with Gasteiger partial charge in [0, 0.05) is 13.1 Å². The van der Waals surface area contributed by atoms with Crippen LogP contribution >= 0.6 is 0 Å². The summed E-state index contributed by atoms with van der Waals surface area (Å²) in [6.07, 6.45) is -0.108. The van der Waals surface area contributed by atoms with Gasteiger partial charge < -0.3 is 20.7 Å². The molecule has 2 aromatic rings. The Morgan fingerprint density at radius 1 is 1.31 bits per heavy atom. The number of hydrogen-bond acceptors (Lipinski definition) is 8. The van der Waals surface area contributed by atoms with Crippen molar-refractivity contribution < 1.29 is 14.1 Å². The van der Waals surface area contributed by atoms with Crippen molar-refractivity contribution >= 4 is 29.0 Å². The van der Waals surface area contributed by atoms with Crippen LogP contribution in [0.2, 0.25) is 0 Å². The summed E-state index contributed by atoms with van der Waals surface area (Å²) in [7, 11) is 0. The maximum atomic E-state index is 13.9. The van der Waals surface area contributed by atoms with Crippen LogP contribution in [0.15, 0.2) is 24.3 Å². The van der Waals surface area contributed by atoms with Gasteiger partial charge in [0.2, 0.25) is 17.6 Å². The van der Waals surface area contributed by atoms with Gasteiger partial charge in [-0.25, -0.2) is 4.39 Å². The van der Waals surface area contributed by atoms with Crippen LogP contribution in [-0.2, 0) is 4.74 Å². The van der Waals surface area contributed by atoms with E-state index < -0.39 is 16.4 Å². The fourth-order valence-corrected chi connectivity index (χ4v) is 2.90. The Bertz CT molecular complexity index is 824. The molecule has 10 heteroatoms. The predicted octanol–water partition coefficient (Wildman–Crippen LogP) is 2.46. The third-order valence-corrected chi connectivity index (χ3v) is 3.91. The first-order valence-electron chi connectivity index (χ1n) is 8.09. The summed E-state index contributed by atoms with van der Waals surface area (Å²) in [6, 6.07) is 5.82. The van der Waals surface area contributed by atoms with E-state index >= 15 is 0 Å². The number of nitrogens with one attached hydrogen (secondary N) is 1. The second-order valence-electron chi connectivity index (χ2n) is 6.13. The summed E-state index contributed by atoms with van der Waals surface area (Å²) in [5, 5.41) is 14.0. The molecule has 1 aliphatic heterocycles. The van der Waals surface area contributed by atoms with E-state index in [1.807, 2.05) is 18.7 Å². The number of benzene rings is 1. The Morgan fingerprint density at radius 3 is 2.58 bits per heavy atom. The number of para-hydroxylation sites is 1. The van der Waals surface area contributed by atoms with Crippen LogP contribution in [0.4, 0.5) is 33.3 Å². The van der Waals surface area contributed by atoms with Crippen LogP contribution in [0.3, 0.4) is 0 Å². The molecule has 0 unspecified atom stereocenters. The summed E-state index contributed by atoms with van der Waals surface area (Å²) < 4.78 is 19.6. The van der Waals surface area contributed by atoms with E-state index in [1.165, 1.54) is 18.2 Å². The van der Waals surface area contributed by atoms with Crippen LogP contribution in [0.25, 0.3) is 0 Å². The molecule has 1 saturated heterocycles. The Labute approximate surface area is 149 Å². The first kappa shape index (κ1) is 17.8. The zero-order valence-corrected chi connectivity index (χ0v) is 14.3. The first-order valence-corrected chi connectivity index (χ1v) is 8.09. The maximum absolute atomic E-state index is 13.9. The minimum absolute atomic E-state index is 0.0539. The number of morpholine rings is 1. The van der Waals surface area contributed by atoms with Gasteiger partial charge >= 0.3 is 5.69 Å². The van der Waals surface area contributed by atoms with Gasteiger partial charge in [-0.1, -0.05) is 12.1 Å². The highest BCUT2D eigenvalue weighted by Crippen LogP contribution is 2.33. The van der Waals surface area contributed by atoms with Gasteiger partial charge in [-0.3, -0.25) is 10.1 Å². The molecule has 138 valence electrons. The van der Waals surface area contributed by atoms with E-state index in [4.69, 9.17) is 10.5 Å². The second-order valence-corrected chi connectivity index (χ2v) is 6.13. The molecule has 0 radical (unpaired) electrons. The van der Waals surface area contributed by atoms with Crippen molar-refractivity contribution in [1.82, 2.24) is 9.97 Å². The summed E-state index contributed by atoms with van der Waals surface area (Å²) in [5.74, 6) is -0.775. The average Bonchev–Trinajstić information content (AvgIpc) is 2.55. The normalized spacial score (nSPS) is 20.0. The number of nitrogens with zero attached hydrogens (tertiary/aromatic N) is 4. The molecule has 2 heterocycles. The van der Waals surface area contributed by atoms with Crippen molar-refractivity contribution in [1.29, 1.82) is 0 Å². The number of nitrogens with two attached hydrogens (primary N) is 1. The van der Waals surface area contributed by atoms with Crippen LogP contribution in [0.5, 0.6) is 0 Å². The summed E-state index contributed by atoms with van der Waals surface area (Å²) in [6.45, 7) is 4.85. The smallest absolute Gasteiger partial charge is 0.353 e. The van der Waals surface area contributed by atoms with Crippen molar-refractivity contribution in [2.45, 2.75) is 26.1 Å². The lowest BCUT2D eigenvalue weighted by molar-refractivity contribution is -0.383. The Kier molecular flexibility index (Phi) is 4.85. The predicted molar refractivity (Wildman–Crippen MR) is 95.0 cm³/mol. The number of halogens is 1. The van der Waals surface area contributed by atoms with Gasteiger partial charge in [-0.2, -0.15) is 9.97 Å². The molecular weight excluding hydrogens is 343 g/mol. The fraction of sp³-hybridized carbons (Fsp3) is 0.375. The van der Waals surface area contributed by atoms with Gasteiger partial charge in [-0.05, 0) is 26.0 Å². The molecule has 1 aliphatic rings. The molecule has 0 aliphatic carbocycles. The lowest BCUT2D eigenvalue weighted by atomic mass is 10.2. The minimum atomic E-state index is -0.688. The average molecular weight is 362 g/mol. The third-order valence-electron chi connectivity index (χ3n) is 3.91.